The molecule has 1 saturated heterocycles. The van der Waals surface area contributed by atoms with Crippen LogP contribution in [0.3, 0.4) is 0 Å². The molecule has 1 aliphatic rings. The molecule has 1 aliphatic heterocycles. The van der Waals surface area contributed by atoms with Crippen LogP contribution in [0.15, 0.2) is 22.7 Å². The van der Waals surface area contributed by atoms with Crippen molar-refractivity contribution in [2.45, 2.75) is 19.4 Å². The molecule has 0 radical (unpaired) electrons. The Kier molecular flexibility index (Phi) is 3.85. The summed E-state index contributed by atoms with van der Waals surface area (Å²) in [5.74, 6) is -0.197. The molecule has 1 aromatic rings. The van der Waals surface area contributed by atoms with Gasteiger partial charge in [-0.15, -0.1) is 0 Å². The number of benzene rings is 1. The maximum Gasteiger partial charge on any atom is 0.214 e. The first-order chi connectivity index (χ1) is 7.99. The predicted octanol–water partition coefficient (Wildman–Crippen LogP) is 2.51. The third kappa shape index (κ3) is 3.05. The molecule has 94 valence electrons. The molecule has 0 atom stereocenters. The summed E-state index contributed by atoms with van der Waals surface area (Å²) in [7, 11) is -3.20. The monoisotopic (exact) mass is 321 g/mol. The lowest BCUT2D eigenvalue weighted by Gasteiger charge is -2.26. The van der Waals surface area contributed by atoms with E-state index in [-0.39, 0.29) is 18.1 Å². The van der Waals surface area contributed by atoms with Crippen LogP contribution in [0.4, 0.5) is 4.39 Å². The van der Waals surface area contributed by atoms with Gasteiger partial charge in [0, 0.05) is 23.1 Å². The van der Waals surface area contributed by atoms with E-state index in [2.05, 4.69) is 15.9 Å². The lowest BCUT2D eigenvalue weighted by atomic mass is 10.2. The molecule has 1 heterocycles. The van der Waals surface area contributed by atoms with Gasteiger partial charge >= 0.3 is 0 Å². The molecule has 0 N–H and O–H groups in total. The van der Waals surface area contributed by atoms with E-state index in [1.54, 1.807) is 12.1 Å². The molecule has 0 amide bonds. The molecular formula is C11H13BrFNO2S. The lowest BCUT2D eigenvalue weighted by Crippen LogP contribution is -2.37. The Bertz CT molecular complexity index is 518. The highest BCUT2D eigenvalue weighted by atomic mass is 79.9. The summed E-state index contributed by atoms with van der Waals surface area (Å²) in [5, 5.41) is 0. The minimum atomic E-state index is -3.20. The first kappa shape index (κ1) is 13.0. The Morgan fingerprint density at radius 1 is 1.35 bits per heavy atom. The van der Waals surface area contributed by atoms with E-state index >= 15 is 0 Å². The molecule has 6 heteroatoms. The highest BCUT2D eigenvalue weighted by Gasteiger charge is 2.26. The van der Waals surface area contributed by atoms with Crippen molar-refractivity contribution < 1.29 is 12.8 Å². The molecular weight excluding hydrogens is 309 g/mol. The number of nitrogens with zero attached hydrogens (tertiary/aromatic N) is 1. The molecule has 0 unspecified atom stereocenters. The largest absolute Gasteiger partial charge is 0.214 e. The van der Waals surface area contributed by atoms with Gasteiger partial charge in [-0.05, 0) is 31.0 Å². The van der Waals surface area contributed by atoms with Gasteiger partial charge in [-0.3, -0.25) is 0 Å². The molecule has 2 rings (SSSR count). The molecule has 1 fully saturated rings. The van der Waals surface area contributed by atoms with Gasteiger partial charge in [-0.1, -0.05) is 15.9 Å². The van der Waals surface area contributed by atoms with Gasteiger partial charge < -0.3 is 0 Å². The van der Waals surface area contributed by atoms with E-state index in [1.807, 2.05) is 0 Å². The van der Waals surface area contributed by atoms with Gasteiger partial charge in [0.2, 0.25) is 10.0 Å². The molecule has 3 nitrogen and oxygen atoms in total. The molecule has 0 aromatic heterocycles. The second-order valence-corrected chi connectivity index (χ2v) is 7.10. The standard InChI is InChI=1S/C11H13BrFNO2S/c12-10-3-4-11(13)9(7-10)8-14-5-1-2-6-17(14,15)16/h3-4,7H,1-2,5-6,8H2. The summed E-state index contributed by atoms with van der Waals surface area (Å²) in [6.45, 7) is 0.599. The van der Waals surface area contributed by atoms with Crippen LogP contribution in [-0.4, -0.2) is 25.0 Å². The van der Waals surface area contributed by atoms with E-state index in [4.69, 9.17) is 0 Å². The summed E-state index contributed by atoms with van der Waals surface area (Å²) in [5.41, 5.74) is 0.407. The van der Waals surface area contributed by atoms with Crippen molar-refractivity contribution in [2.24, 2.45) is 0 Å². The van der Waals surface area contributed by atoms with E-state index in [9.17, 15) is 12.8 Å². The van der Waals surface area contributed by atoms with Gasteiger partial charge in [0.25, 0.3) is 0 Å². The quantitative estimate of drug-likeness (QED) is 0.839. The van der Waals surface area contributed by atoms with E-state index in [0.29, 0.717) is 18.5 Å². The first-order valence-corrected chi connectivity index (χ1v) is 7.81. The van der Waals surface area contributed by atoms with Crippen molar-refractivity contribution in [3.05, 3.63) is 34.1 Å². The fraction of sp³-hybridized carbons (Fsp3) is 0.455. The minimum absolute atomic E-state index is 0.119. The summed E-state index contributed by atoms with van der Waals surface area (Å²) in [6.07, 6.45) is 1.54. The van der Waals surface area contributed by atoms with Gasteiger partial charge in [0.05, 0.1) is 5.75 Å². The van der Waals surface area contributed by atoms with Gasteiger partial charge in [-0.2, -0.15) is 4.31 Å². The van der Waals surface area contributed by atoms with Crippen LogP contribution in [0.5, 0.6) is 0 Å². The van der Waals surface area contributed by atoms with Crippen molar-refractivity contribution in [1.29, 1.82) is 0 Å². The second kappa shape index (κ2) is 5.04. The summed E-state index contributed by atoms with van der Waals surface area (Å²) < 4.78 is 39.2. The summed E-state index contributed by atoms with van der Waals surface area (Å²) in [6, 6.07) is 4.57. The van der Waals surface area contributed by atoms with Crippen LogP contribution in [0, 0.1) is 5.82 Å². The molecule has 0 saturated carbocycles. The Labute approximate surface area is 109 Å². The SMILES string of the molecule is O=S1(=O)CCCCN1Cc1cc(Br)ccc1F. The van der Waals surface area contributed by atoms with Crippen LogP contribution in [0.25, 0.3) is 0 Å². The topological polar surface area (TPSA) is 37.4 Å². The zero-order valence-electron chi connectivity index (χ0n) is 9.20. The van der Waals surface area contributed by atoms with Crippen LogP contribution < -0.4 is 0 Å². The highest BCUT2D eigenvalue weighted by molar-refractivity contribution is 9.10. The maximum absolute atomic E-state index is 13.5. The Balaban J connectivity index is 2.22. The average molecular weight is 322 g/mol. The van der Waals surface area contributed by atoms with E-state index in [0.717, 1.165) is 10.9 Å². The Morgan fingerprint density at radius 3 is 2.82 bits per heavy atom. The molecule has 17 heavy (non-hydrogen) atoms. The average Bonchev–Trinajstić information content (AvgIpc) is 2.26. The van der Waals surface area contributed by atoms with Crippen molar-refractivity contribution in [3.8, 4) is 0 Å². The van der Waals surface area contributed by atoms with Crippen LogP contribution in [0.2, 0.25) is 0 Å². The fourth-order valence-corrected chi connectivity index (χ4v) is 3.85. The number of hydrogen-bond acceptors (Lipinski definition) is 2. The third-order valence-corrected chi connectivity index (χ3v) is 5.20. The van der Waals surface area contributed by atoms with Crippen molar-refractivity contribution >= 4 is 26.0 Å². The highest BCUT2D eigenvalue weighted by Crippen LogP contribution is 2.21. The molecule has 0 bridgehead atoms. The number of halogens is 2. The normalized spacial score (nSPS) is 20.4. The number of sulfonamides is 1. The second-order valence-electron chi connectivity index (χ2n) is 4.09. The van der Waals surface area contributed by atoms with Crippen LogP contribution in [-0.2, 0) is 16.6 Å². The van der Waals surface area contributed by atoms with Crippen LogP contribution in [0.1, 0.15) is 18.4 Å². The first-order valence-electron chi connectivity index (χ1n) is 5.41. The maximum atomic E-state index is 13.5. The van der Waals surface area contributed by atoms with Crippen molar-refractivity contribution in [2.75, 3.05) is 12.3 Å². The van der Waals surface area contributed by atoms with Gasteiger partial charge in [0.15, 0.2) is 0 Å². The fourth-order valence-electron chi connectivity index (χ4n) is 1.87. The third-order valence-electron chi connectivity index (χ3n) is 2.81. The predicted molar refractivity (Wildman–Crippen MR) is 67.5 cm³/mol. The molecule has 1 aromatic carbocycles. The number of rotatable bonds is 2. The molecule has 0 spiro atoms. The smallest absolute Gasteiger partial charge is 0.212 e. The van der Waals surface area contributed by atoms with Crippen molar-refractivity contribution in [3.63, 3.8) is 0 Å². The van der Waals surface area contributed by atoms with Gasteiger partial charge in [-0.25, -0.2) is 12.8 Å². The summed E-state index contributed by atoms with van der Waals surface area (Å²) in [4.78, 5) is 0. The lowest BCUT2D eigenvalue weighted by molar-refractivity contribution is 0.373. The van der Waals surface area contributed by atoms with Gasteiger partial charge in [0.1, 0.15) is 5.82 Å². The zero-order valence-corrected chi connectivity index (χ0v) is 11.6. The number of hydrogen-bond donors (Lipinski definition) is 0. The molecule has 0 aliphatic carbocycles. The van der Waals surface area contributed by atoms with E-state index in [1.165, 1.54) is 10.4 Å². The Morgan fingerprint density at radius 2 is 2.12 bits per heavy atom. The van der Waals surface area contributed by atoms with E-state index < -0.39 is 10.0 Å². The Hall–Kier alpha value is -0.460. The van der Waals surface area contributed by atoms with Crippen LogP contribution >= 0.6 is 15.9 Å². The zero-order chi connectivity index (χ0) is 12.5. The van der Waals surface area contributed by atoms with Crippen molar-refractivity contribution in [1.82, 2.24) is 4.31 Å². The minimum Gasteiger partial charge on any atom is -0.212 e. The summed E-state index contributed by atoms with van der Waals surface area (Å²) >= 11 is 3.26.